The molecule has 0 fully saturated rings. The van der Waals surface area contributed by atoms with E-state index in [4.69, 9.17) is 23.2 Å². The lowest BCUT2D eigenvalue weighted by atomic mass is 10.2. The molecule has 0 spiro atoms. The molecule has 0 saturated heterocycles. The molecule has 2 aromatic carbocycles. The van der Waals surface area contributed by atoms with E-state index < -0.39 is 0 Å². The molecule has 1 amide bonds. The highest BCUT2D eigenvalue weighted by molar-refractivity contribution is 8.03. The number of carbonyl (C=O) groups is 1. The number of anilines is 1. The first-order valence-corrected chi connectivity index (χ1v) is 8.08. The molecule has 6 heteroatoms. The first kappa shape index (κ1) is 16.7. The van der Waals surface area contributed by atoms with Gasteiger partial charge in [0.2, 0.25) is 0 Å². The van der Waals surface area contributed by atoms with Gasteiger partial charge in [-0.2, -0.15) is 0 Å². The predicted octanol–water partition coefficient (Wildman–Crippen LogP) is 5.13. The number of hydrogen-bond donors (Lipinski definition) is 2. The summed E-state index contributed by atoms with van der Waals surface area (Å²) in [5.41, 5.74) is 2.31. The second-order valence-corrected chi connectivity index (χ2v) is 6.00. The minimum absolute atomic E-state index is 0.158. The molecule has 0 radical (unpaired) electrons. The Balaban J connectivity index is 1.95. The van der Waals surface area contributed by atoms with Crippen LogP contribution in [0.2, 0.25) is 10.0 Å². The van der Waals surface area contributed by atoms with Gasteiger partial charge in [0.25, 0.3) is 5.91 Å². The van der Waals surface area contributed by atoms with Gasteiger partial charge in [-0.05, 0) is 59.3 Å². The molecular weight excluding hydrogens is 339 g/mol. The summed E-state index contributed by atoms with van der Waals surface area (Å²) in [6.45, 7) is 3.95. The zero-order valence-electron chi connectivity index (χ0n) is 11.6. The van der Waals surface area contributed by atoms with Crippen LogP contribution >= 0.6 is 35.1 Å². The second-order valence-electron chi connectivity index (χ2n) is 4.38. The van der Waals surface area contributed by atoms with Crippen molar-refractivity contribution in [2.45, 2.75) is 6.54 Å². The normalized spacial score (nSPS) is 10.1. The number of nitrogens with one attached hydrogen (secondary N) is 2. The van der Waals surface area contributed by atoms with E-state index >= 15 is 0 Å². The van der Waals surface area contributed by atoms with E-state index in [1.807, 2.05) is 12.1 Å². The SMILES string of the molecule is C=CSNc1ccc(C(=O)NCc2ccc(Cl)cc2Cl)cc1. The van der Waals surface area contributed by atoms with Crippen LogP contribution in [-0.2, 0) is 6.54 Å². The van der Waals surface area contributed by atoms with Gasteiger partial charge in [0.05, 0.1) is 0 Å². The summed E-state index contributed by atoms with van der Waals surface area (Å²) in [7, 11) is 0. The third-order valence-electron chi connectivity index (χ3n) is 2.86. The maximum atomic E-state index is 12.1. The van der Waals surface area contributed by atoms with Crippen LogP contribution < -0.4 is 10.0 Å². The third-order valence-corrected chi connectivity index (χ3v) is 3.97. The molecule has 0 aliphatic rings. The van der Waals surface area contributed by atoms with Crippen molar-refractivity contribution in [3.8, 4) is 0 Å². The van der Waals surface area contributed by atoms with Crippen molar-refractivity contribution in [2.75, 3.05) is 4.72 Å². The molecule has 0 atom stereocenters. The molecule has 2 aromatic rings. The van der Waals surface area contributed by atoms with E-state index in [0.29, 0.717) is 22.2 Å². The first-order chi connectivity index (χ1) is 10.6. The van der Waals surface area contributed by atoms with Gasteiger partial charge in [-0.1, -0.05) is 35.8 Å². The van der Waals surface area contributed by atoms with Crippen LogP contribution in [0.1, 0.15) is 15.9 Å². The second kappa shape index (κ2) is 8.13. The molecule has 0 aliphatic carbocycles. The minimum atomic E-state index is -0.158. The Bertz CT molecular complexity index is 674. The van der Waals surface area contributed by atoms with Crippen molar-refractivity contribution in [1.82, 2.24) is 5.32 Å². The van der Waals surface area contributed by atoms with Crippen molar-refractivity contribution >= 4 is 46.7 Å². The van der Waals surface area contributed by atoms with Crippen molar-refractivity contribution in [1.29, 1.82) is 0 Å². The van der Waals surface area contributed by atoms with E-state index in [-0.39, 0.29) is 5.91 Å². The van der Waals surface area contributed by atoms with Gasteiger partial charge in [-0.3, -0.25) is 4.79 Å². The Kier molecular flexibility index (Phi) is 6.19. The van der Waals surface area contributed by atoms with Crippen molar-refractivity contribution in [3.05, 3.63) is 75.6 Å². The Labute approximate surface area is 143 Å². The van der Waals surface area contributed by atoms with Crippen molar-refractivity contribution < 1.29 is 4.79 Å². The van der Waals surface area contributed by atoms with Gasteiger partial charge in [0.15, 0.2) is 0 Å². The molecule has 114 valence electrons. The Morgan fingerprint density at radius 1 is 1.18 bits per heavy atom. The first-order valence-electron chi connectivity index (χ1n) is 6.45. The molecule has 0 aliphatic heterocycles. The molecule has 0 heterocycles. The number of rotatable bonds is 6. The minimum Gasteiger partial charge on any atom is -0.348 e. The third kappa shape index (κ3) is 4.70. The molecule has 0 saturated carbocycles. The standard InChI is InChI=1S/C16H14Cl2N2OS/c1-2-22-20-14-7-4-11(5-8-14)16(21)19-10-12-3-6-13(17)9-15(12)18/h2-9,20H,1,10H2,(H,19,21). The molecule has 22 heavy (non-hydrogen) atoms. The number of hydrogen-bond acceptors (Lipinski definition) is 3. The lowest BCUT2D eigenvalue weighted by Gasteiger charge is -2.08. The topological polar surface area (TPSA) is 41.1 Å². The lowest BCUT2D eigenvalue weighted by Crippen LogP contribution is -2.22. The molecule has 2 rings (SSSR count). The summed E-state index contributed by atoms with van der Waals surface area (Å²) < 4.78 is 3.07. The van der Waals surface area contributed by atoms with Crippen LogP contribution in [0.15, 0.2) is 54.5 Å². The summed E-state index contributed by atoms with van der Waals surface area (Å²) in [5, 5.41) is 5.63. The highest BCUT2D eigenvalue weighted by Gasteiger charge is 2.07. The number of carbonyl (C=O) groups excluding carboxylic acids is 1. The highest BCUT2D eigenvalue weighted by atomic mass is 35.5. The maximum absolute atomic E-state index is 12.1. The average Bonchev–Trinajstić information content (AvgIpc) is 2.52. The lowest BCUT2D eigenvalue weighted by molar-refractivity contribution is 0.0951. The molecule has 3 nitrogen and oxygen atoms in total. The van der Waals surface area contributed by atoms with Gasteiger partial charge in [-0.25, -0.2) is 0 Å². The van der Waals surface area contributed by atoms with Gasteiger partial charge < -0.3 is 10.0 Å². The summed E-state index contributed by atoms with van der Waals surface area (Å²) in [5.74, 6) is -0.158. The Hall–Kier alpha value is -1.62. The number of amides is 1. The fourth-order valence-electron chi connectivity index (χ4n) is 1.74. The van der Waals surface area contributed by atoms with Gasteiger partial charge in [0, 0.05) is 27.8 Å². The average molecular weight is 353 g/mol. The fourth-order valence-corrected chi connectivity index (χ4v) is 2.57. The van der Waals surface area contributed by atoms with E-state index in [0.717, 1.165) is 11.3 Å². The molecule has 0 bridgehead atoms. The van der Waals surface area contributed by atoms with Crippen LogP contribution in [-0.4, -0.2) is 5.91 Å². The Morgan fingerprint density at radius 2 is 1.91 bits per heavy atom. The summed E-state index contributed by atoms with van der Waals surface area (Å²) in [4.78, 5) is 12.1. The molecule has 0 aromatic heterocycles. The summed E-state index contributed by atoms with van der Waals surface area (Å²) in [6.07, 6.45) is 0. The Morgan fingerprint density at radius 3 is 2.55 bits per heavy atom. The highest BCUT2D eigenvalue weighted by Crippen LogP contribution is 2.21. The summed E-state index contributed by atoms with van der Waals surface area (Å²) in [6, 6.07) is 12.4. The van der Waals surface area contributed by atoms with Crippen LogP contribution in [0, 0.1) is 0 Å². The van der Waals surface area contributed by atoms with Crippen LogP contribution in [0.4, 0.5) is 5.69 Å². The van der Waals surface area contributed by atoms with E-state index in [1.165, 1.54) is 11.9 Å². The van der Waals surface area contributed by atoms with E-state index in [9.17, 15) is 4.79 Å². The maximum Gasteiger partial charge on any atom is 0.251 e. The van der Waals surface area contributed by atoms with Crippen molar-refractivity contribution in [3.63, 3.8) is 0 Å². The van der Waals surface area contributed by atoms with E-state index in [2.05, 4.69) is 16.6 Å². The molecule has 2 N–H and O–H groups in total. The predicted molar refractivity (Wildman–Crippen MR) is 95.5 cm³/mol. The van der Waals surface area contributed by atoms with Crippen LogP contribution in [0.3, 0.4) is 0 Å². The molecular formula is C16H14Cl2N2OS. The monoisotopic (exact) mass is 352 g/mol. The van der Waals surface area contributed by atoms with E-state index in [1.54, 1.807) is 35.7 Å². The number of benzene rings is 2. The largest absolute Gasteiger partial charge is 0.348 e. The van der Waals surface area contributed by atoms with Gasteiger partial charge in [-0.15, -0.1) is 0 Å². The quantitative estimate of drug-likeness (QED) is 0.708. The van der Waals surface area contributed by atoms with Gasteiger partial charge in [0.1, 0.15) is 0 Å². The number of halogens is 2. The van der Waals surface area contributed by atoms with Crippen molar-refractivity contribution in [2.24, 2.45) is 0 Å². The van der Waals surface area contributed by atoms with Gasteiger partial charge >= 0.3 is 0 Å². The molecule has 0 unspecified atom stereocenters. The zero-order chi connectivity index (χ0) is 15.9. The van der Waals surface area contributed by atoms with Crippen LogP contribution in [0.25, 0.3) is 0 Å². The van der Waals surface area contributed by atoms with Crippen LogP contribution in [0.5, 0.6) is 0 Å². The zero-order valence-corrected chi connectivity index (χ0v) is 13.9. The smallest absolute Gasteiger partial charge is 0.251 e. The fraction of sp³-hybridized carbons (Fsp3) is 0.0625. The summed E-state index contributed by atoms with van der Waals surface area (Å²) >= 11 is 13.3.